The Morgan fingerprint density at radius 2 is 2.00 bits per heavy atom. The lowest BCUT2D eigenvalue weighted by Crippen LogP contribution is -2.42. The molecule has 0 radical (unpaired) electrons. The number of benzene rings is 1. The average Bonchev–Trinajstić information content (AvgIpc) is 2.67. The maximum absolute atomic E-state index is 13.1. The molecule has 156 valence electrons. The number of halogens is 1. The molecule has 0 aliphatic heterocycles. The van der Waals surface area contributed by atoms with Crippen LogP contribution >= 0.6 is 0 Å². The maximum atomic E-state index is 13.1. The molecule has 1 aliphatic carbocycles. The molecule has 1 aliphatic rings. The minimum Gasteiger partial charge on any atom is -0.501 e. The molecule has 0 saturated heterocycles. The number of hydrogen-bond donors (Lipinski definition) is 2. The van der Waals surface area contributed by atoms with Crippen LogP contribution in [0.2, 0.25) is 0 Å². The fourth-order valence-electron chi connectivity index (χ4n) is 3.22. The smallest absolute Gasteiger partial charge is 0.294 e. The minimum atomic E-state index is -0.796. The van der Waals surface area contributed by atoms with E-state index in [0.29, 0.717) is 31.6 Å². The predicted octanol–water partition coefficient (Wildman–Crippen LogP) is 1.93. The standard InChI is InChI=1S/C20H24FN3O5/c1-24(12-13-4-6-14(21)7-5-13)18(27)15-16(25)17(26)23-19(22-15)20(8-3-9-20)29-11-10-28-2/h4-7,25H,3,8-12H2,1-2H3,(H,22,23,26). The first-order valence-electron chi connectivity index (χ1n) is 9.33. The van der Waals surface area contributed by atoms with Gasteiger partial charge in [0, 0.05) is 20.7 Å². The number of aromatic hydroxyl groups is 1. The molecule has 0 atom stereocenters. The maximum Gasteiger partial charge on any atom is 0.294 e. The fraction of sp³-hybridized carbons (Fsp3) is 0.450. The Hall–Kier alpha value is -2.78. The van der Waals surface area contributed by atoms with Crippen molar-refractivity contribution in [2.45, 2.75) is 31.4 Å². The van der Waals surface area contributed by atoms with Crippen LogP contribution in [0, 0.1) is 5.82 Å². The van der Waals surface area contributed by atoms with Crippen LogP contribution in [-0.2, 0) is 21.6 Å². The van der Waals surface area contributed by atoms with Crippen molar-refractivity contribution in [2.75, 3.05) is 27.4 Å². The number of hydrogen-bond acceptors (Lipinski definition) is 6. The number of rotatable bonds is 8. The number of ether oxygens (including phenoxy) is 2. The van der Waals surface area contributed by atoms with Gasteiger partial charge in [0.15, 0.2) is 5.69 Å². The zero-order valence-corrected chi connectivity index (χ0v) is 16.4. The molecule has 1 aromatic heterocycles. The molecule has 1 fully saturated rings. The molecular weight excluding hydrogens is 381 g/mol. The Morgan fingerprint density at radius 1 is 1.31 bits per heavy atom. The van der Waals surface area contributed by atoms with Crippen LogP contribution in [0.15, 0.2) is 29.1 Å². The van der Waals surface area contributed by atoms with E-state index in [4.69, 9.17) is 9.47 Å². The van der Waals surface area contributed by atoms with Crippen LogP contribution < -0.4 is 5.56 Å². The van der Waals surface area contributed by atoms with Gasteiger partial charge in [-0.3, -0.25) is 9.59 Å². The number of amides is 1. The van der Waals surface area contributed by atoms with Crippen molar-refractivity contribution in [2.24, 2.45) is 0 Å². The Kier molecular flexibility index (Phi) is 6.29. The lowest BCUT2D eigenvalue weighted by atomic mass is 9.79. The van der Waals surface area contributed by atoms with Crippen LogP contribution in [0.1, 0.15) is 41.1 Å². The number of H-pyrrole nitrogens is 1. The van der Waals surface area contributed by atoms with Gasteiger partial charge < -0.3 is 24.5 Å². The van der Waals surface area contributed by atoms with Gasteiger partial charge in [-0.2, -0.15) is 0 Å². The zero-order chi connectivity index (χ0) is 21.0. The summed E-state index contributed by atoms with van der Waals surface area (Å²) in [6, 6.07) is 5.71. The second kappa shape index (κ2) is 8.71. The summed E-state index contributed by atoms with van der Waals surface area (Å²) in [4.78, 5) is 33.2. The molecule has 2 aromatic rings. The summed E-state index contributed by atoms with van der Waals surface area (Å²) in [5.74, 6) is -1.51. The van der Waals surface area contributed by atoms with E-state index in [1.165, 1.54) is 24.1 Å². The second-order valence-electron chi connectivity index (χ2n) is 7.09. The Morgan fingerprint density at radius 3 is 2.59 bits per heavy atom. The van der Waals surface area contributed by atoms with Crippen LogP contribution in [0.5, 0.6) is 5.75 Å². The minimum absolute atomic E-state index is 0.165. The molecule has 1 saturated carbocycles. The van der Waals surface area contributed by atoms with E-state index in [1.54, 1.807) is 19.2 Å². The molecule has 0 bridgehead atoms. The van der Waals surface area contributed by atoms with E-state index < -0.39 is 22.8 Å². The third-order valence-electron chi connectivity index (χ3n) is 5.04. The average molecular weight is 405 g/mol. The molecule has 0 unspecified atom stereocenters. The molecule has 2 N–H and O–H groups in total. The van der Waals surface area contributed by atoms with Crippen LogP contribution in [0.3, 0.4) is 0 Å². The molecule has 1 aromatic carbocycles. The fourth-order valence-corrected chi connectivity index (χ4v) is 3.22. The largest absolute Gasteiger partial charge is 0.501 e. The number of aromatic nitrogens is 2. The lowest BCUT2D eigenvalue weighted by Gasteiger charge is -2.40. The molecule has 29 heavy (non-hydrogen) atoms. The third-order valence-corrected chi connectivity index (χ3v) is 5.04. The van der Waals surface area contributed by atoms with Gasteiger partial charge in [0.05, 0.1) is 13.2 Å². The Bertz CT molecular complexity index is 925. The van der Waals surface area contributed by atoms with E-state index in [0.717, 1.165) is 6.42 Å². The van der Waals surface area contributed by atoms with E-state index in [9.17, 15) is 19.1 Å². The van der Waals surface area contributed by atoms with Crippen molar-refractivity contribution in [3.8, 4) is 5.75 Å². The van der Waals surface area contributed by atoms with Crippen LogP contribution in [0.4, 0.5) is 4.39 Å². The summed E-state index contributed by atoms with van der Waals surface area (Å²) >= 11 is 0. The van der Waals surface area contributed by atoms with Gasteiger partial charge >= 0.3 is 0 Å². The van der Waals surface area contributed by atoms with Gasteiger partial charge in [-0.05, 0) is 37.0 Å². The number of methoxy groups -OCH3 is 1. The van der Waals surface area contributed by atoms with E-state index in [1.807, 2.05) is 0 Å². The van der Waals surface area contributed by atoms with Gasteiger partial charge in [0.25, 0.3) is 11.5 Å². The summed E-state index contributed by atoms with van der Waals surface area (Å²) in [7, 11) is 3.08. The van der Waals surface area contributed by atoms with Crippen molar-refractivity contribution in [3.63, 3.8) is 0 Å². The normalized spacial score (nSPS) is 15.0. The second-order valence-corrected chi connectivity index (χ2v) is 7.09. The number of carbonyl (C=O) groups is 1. The van der Waals surface area contributed by atoms with E-state index in [-0.39, 0.29) is 23.9 Å². The van der Waals surface area contributed by atoms with Gasteiger partial charge in [-0.15, -0.1) is 0 Å². The predicted molar refractivity (Wildman–Crippen MR) is 102 cm³/mol. The van der Waals surface area contributed by atoms with Gasteiger partial charge in [0.2, 0.25) is 5.75 Å². The highest BCUT2D eigenvalue weighted by Gasteiger charge is 2.43. The highest BCUT2D eigenvalue weighted by atomic mass is 19.1. The highest BCUT2D eigenvalue weighted by molar-refractivity contribution is 5.94. The topological polar surface area (TPSA) is 105 Å². The Balaban J connectivity index is 1.85. The molecule has 1 amide bonds. The highest BCUT2D eigenvalue weighted by Crippen LogP contribution is 2.43. The van der Waals surface area contributed by atoms with Gasteiger partial charge in [0.1, 0.15) is 17.2 Å². The van der Waals surface area contributed by atoms with Crippen molar-refractivity contribution < 1.29 is 23.8 Å². The van der Waals surface area contributed by atoms with Crippen LogP contribution in [-0.4, -0.2) is 53.3 Å². The number of nitrogens with zero attached hydrogens (tertiary/aromatic N) is 2. The van der Waals surface area contributed by atoms with Crippen molar-refractivity contribution in [1.29, 1.82) is 0 Å². The van der Waals surface area contributed by atoms with Crippen molar-refractivity contribution in [1.82, 2.24) is 14.9 Å². The monoisotopic (exact) mass is 405 g/mol. The first-order valence-corrected chi connectivity index (χ1v) is 9.33. The summed E-state index contributed by atoms with van der Waals surface area (Å²) < 4.78 is 24.0. The van der Waals surface area contributed by atoms with E-state index >= 15 is 0 Å². The molecule has 0 spiro atoms. The first-order chi connectivity index (χ1) is 13.9. The molecule has 3 rings (SSSR count). The van der Waals surface area contributed by atoms with Crippen LogP contribution in [0.25, 0.3) is 0 Å². The first kappa shape index (κ1) is 20.9. The van der Waals surface area contributed by atoms with Gasteiger partial charge in [-0.25, -0.2) is 9.37 Å². The summed E-state index contributed by atoms with van der Waals surface area (Å²) in [6.07, 6.45) is 2.18. The van der Waals surface area contributed by atoms with Crippen molar-refractivity contribution in [3.05, 3.63) is 57.5 Å². The zero-order valence-electron chi connectivity index (χ0n) is 16.4. The number of carbonyl (C=O) groups excluding carboxylic acids is 1. The quantitative estimate of drug-likeness (QED) is 0.651. The van der Waals surface area contributed by atoms with Crippen molar-refractivity contribution >= 4 is 5.91 Å². The van der Waals surface area contributed by atoms with E-state index in [2.05, 4.69) is 9.97 Å². The molecular formula is C20H24FN3O5. The SMILES string of the molecule is COCCOC1(c2nc(C(=O)N(C)Cc3ccc(F)cc3)c(O)c(=O)[nH]2)CCC1. The number of nitrogens with one attached hydrogen (secondary N) is 1. The lowest BCUT2D eigenvalue weighted by molar-refractivity contribution is -0.123. The summed E-state index contributed by atoms with van der Waals surface area (Å²) in [5, 5.41) is 10.2. The molecule has 9 heteroatoms. The summed E-state index contributed by atoms with van der Waals surface area (Å²) in [5.41, 5.74) is -1.23. The molecule has 1 heterocycles. The third kappa shape index (κ3) is 4.46. The summed E-state index contributed by atoms with van der Waals surface area (Å²) in [6.45, 7) is 0.864. The molecule has 8 nitrogen and oxygen atoms in total. The van der Waals surface area contributed by atoms with Gasteiger partial charge in [-0.1, -0.05) is 12.1 Å². The Labute approximate surface area is 167 Å². The number of aromatic amines is 1.